The predicted molar refractivity (Wildman–Crippen MR) is 63.2 cm³/mol. The molecule has 0 spiro atoms. The molecule has 5 nitrogen and oxygen atoms in total. The van der Waals surface area contributed by atoms with Gasteiger partial charge < -0.3 is 10.1 Å². The molecule has 3 N–H and O–H groups in total. The number of carbonyl (C=O) groups excluding carboxylic acids is 1. The Morgan fingerprint density at radius 1 is 1.44 bits per heavy atom. The summed E-state index contributed by atoms with van der Waals surface area (Å²) in [6, 6.07) is 5.55. The lowest BCUT2D eigenvalue weighted by molar-refractivity contribution is -0.114. The van der Waals surface area contributed by atoms with Crippen LogP contribution in [0.3, 0.4) is 0 Å². The van der Waals surface area contributed by atoms with Crippen LogP contribution in [0.5, 0.6) is 5.75 Å². The van der Waals surface area contributed by atoms with Crippen LogP contribution in [0.4, 0.5) is 5.69 Å². The molecular formula is C11H17N3O2. The van der Waals surface area contributed by atoms with Crippen molar-refractivity contribution in [3.63, 3.8) is 0 Å². The number of carbonyl (C=O) groups is 1. The van der Waals surface area contributed by atoms with Gasteiger partial charge in [-0.25, -0.2) is 0 Å². The summed E-state index contributed by atoms with van der Waals surface area (Å²) in [5.41, 5.74) is 7.57. The lowest BCUT2D eigenvalue weighted by Gasteiger charge is -2.11. The zero-order valence-electron chi connectivity index (χ0n) is 9.76. The van der Waals surface area contributed by atoms with E-state index in [1.165, 1.54) is 6.92 Å². The topological polar surface area (TPSA) is 62.4 Å². The second-order valence-electron chi connectivity index (χ2n) is 3.31. The first-order valence-corrected chi connectivity index (χ1v) is 5.01. The van der Waals surface area contributed by atoms with Crippen LogP contribution in [0, 0.1) is 0 Å². The Balaban J connectivity index is 2.83. The maximum Gasteiger partial charge on any atom is 0.221 e. The number of amides is 1. The van der Waals surface area contributed by atoms with Crippen molar-refractivity contribution in [2.75, 3.05) is 19.5 Å². The van der Waals surface area contributed by atoms with Crippen molar-refractivity contribution >= 4 is 11.6 Å². The number of nitrogens with one attached hydrogen (secondary N) is 3. The van der Waals surface area contributed by atoms with E-state index in [-0.39, 0.29) is 5.91 Å². The van der Waals surface area contributed by atoms with Gasteiger partial charge in [-0.2, -0.15) is 0 Å². The van der Waals surface area contributed by atoms with Crippen molar-refractivity contribution < 1.29 is 9.53 Å². The summed E-state index contributed by atoms with van der Waals surface area (Å²) in [6.07, 6.45) is 0. The van der Waals surface area contributed by atoms with Gasteiger partial charge in [-0.3, -0.25) is 15.6 Å². The SMILES string of the molecule is CNNCc1ccc(NC(C)=O)cc1OC. The Kier molecular flexibility index (Phi) is 4.75. The second-order valence-corrected chi connectivity index (χ2v) is 3.31. The maximum atomic E-state index is 10.9. The number of rotatable bonds is 5. The molecule has 1 rings (SSSR count). The summed E-state index contributed by atoms with van der Waals surface area (Å²) in [5, 5.41) is 2.71. The Morgan fingerprint density at radius 2 is 2.19 bits per heavy atom. The van der Waals surface area contributed by atoms with Crippen LogP contribution in [-0.4, -0.2) is 20.1 Å². The zero-order valence-corrected chi connectivity index (χ0v) is 9.76. The van der Waals surface area contributed by atoms with Gasteiger partial charge in [-0.1, -0.05) is 6.07 Å². The van der Waals surface area contributed by atoms with Crippen molar-refractivity contribution in [1.82, 2.24) is 10.9 Å². The van der Waals surface area contributed by atoms with Crippen molar-refractivity contribution in [2.24, 2.45) is 0 Å². The van der Waals surface area contributed by atoms with Gasteiger partial charge in [0.05, 0.1) is 7.11 Å². The molecule has 0 aliphatic rings. The smallest absolute Gasteiger partial charge is 0.221 e. The fourth-order valence-corrected chi connectivity index (χ4v) is 1.36. The van der Waals surface area contributed by atoms with Crippen LogP contribution < -0.4 is 20.9 Å². The van der Waals surface area contributed by atoms with Crippen molar-refractivity contribution in [1.29, 1.82) is 0 Å². The largest absolute Gasteiger partial charge is 0.496 e. The van der Waals surface area contributed by atoms with Gasteiger partial charge in [0.2, 0.25) is 5.91 Å². The van der Waals surface area contributed by atoms with Crippen LogP contribution in [-0.2, 0) is 11.3 Å². The molecular weight excluding hydrogens is 206 g/mol. The van der Waals surface area contributed by atoms with E-state index >= 15 is 0 Å². The first kappa shape index (κ1) is 12.5. The van der Waals surface area contributed by atoms with Gasteiger partial charge in [0.15, 0.2) is 0 Å². The molecule has 0 aliphatic heterocycles. The first-order valence-electron chi connectivity index (χ1n) is 5.01. The molecule has 88 valence electrons. The zero-order chi connectivity index (χ0) is 12.0. The van der Waals surface area contributed by atoms with E-state index in [0.717, 1.165) is 17.0 Å². The highest BCUT2D eigenvalue weighted by Crippen LogP contribution is 2.22. The van der Waals surface area contributed by atoms with Gasteiger partial charge in [0.25, 0.3) is 0 Å². The molecule has 0 aromatic heterocycles. The highest BCUT2D eigenvalue weighted by molar-refractivity contribution is 5.88. The lowest BCUT2D eigenvalue weighted by Crippen LogP contribution is -2.26. The molecule has 0 saturated heterocycles. The number of methoxy groups -OCH3 is 1. The third kappa shape index (κ3) is 3.52. The summed E-state index contributed by atoms with van der Waals surface area (Å²) in [6.45, 7) is 2.13. The number of benzene rings is 1. The molecule has 0 radical (unpaired) electrons. The van der Waals surface area contributed by atoms with Crippen LogP contribution in [0.2, 0.25) is 0 Å². The highest BCUT2D eigenvalue weighted by Gasteiger charge is 2.04. The first-order chi connectivity index (χ1) is 7.67. The van der Waals surface area contributed by atoms with Crippen LogP contribution >= 0.6 is 0 Å². The summed E-state index contributed by atoms with van der Waals surface area (Å²) < 4.78 is 5.25. The van der Waals surface area contributed by atoms with Crippen molar-refractivity contribution in [3.05, 3.63) is 23.8 Å². The highest BCUT2D eigenvalue weighted by atomic mass is 16.5. The molecule has 1 aromatic carbocycles. The number of hydrogen-bond donors (Lipinski definition) is 3. The van der Waals surface area contributed by atoms with E-state index in [1.54, 1.807) is 20.2 Å². The van der Waals surface area contributed by atoms with Gasteiger partial charge in [0.1, 0.15) is 5.75 Å². The Labute approximate surface area is 95.2 Å². The minimum Gasteiger partial charge on any atom is -0.496 e. The van der Waals surface area contributed by atoms with E-state index in [1.807, 2.05) is 12.1 Å². The van der Waals surface area contributed by atoms with Crippen molar-refractivity contribution in [2.45, 2.75) is 13.5 Å². The molecule has 0 fully saturated rings. The quantitative estimate of drug-likeness (QED) is 0.648. The van der Waals surface area contributed by atoms with Gasteiger partial charge >= 0.3 is 0 Å². The molecule has 0 atom stereocenters. The summed E-state index contributed by atoms with van der Waals surface area (Å²) >= 11 is 0. The standard InChI is InChI=1S/C11H17N3O2/c1-8(15)14-10-5-4-9(7-13-12-2)11(6-10)16-3/h4-6,12-13H,7H2,1-3H3,(H,14,15). The van der Waals surface area contributed by atoms with E-state index in [0.29, 0.717) is 6.54 Å². The van der Waals surface area contributed by atoms with E-state index in [4.69, 9.17) is 4.74 Å². The average molecular weight is 223 g/mol. The molecule has 1 aromatic rings. The number of hydrogen-bond acceptors (Lipinski definition) is 4. The molecule has 0 unspecified atom stereocenters. The van der Waals surface area contributed by atoms with Crippen LogP contribution in [0.25, 0.3) is 0 Å². The molecule has 0 saturated carbocycles. The molecule has 0 aliphatic carbocycles. The Bertz CT molecular complexity index is 366. The summed E-state index contributed by atoms with van der Waals surface area (Å²) in [5.74, 6) is 0.650. The minimum atomic E-state index is -0.0943. The van der Waals surface area contributed by atoms with Crippen LogP contribution in [0.15, 0.2) is 18.2 Å². The van der Waals surface area contributed by atoms with E-state index < -0.39 is 0 Å². The molecule has 0 bridgehead atoms. The molecule has 5 heteroatoms. The monoisotopic (exact) mass is 223 g/mol. The second kappa shape index (κ2) is 6.09. The fourth-order valence-electron chi connectivity index (χ4n) is 1.36. The van der Waals surface area contributed by atoms with Gasteiger partial charge in [-0.15, -0.1) is 0 Å². The van der Waals surface area contributed by atoms with Gasteiger partial charge in [-0.05, 0) is 13.1 Å². The maximum absolute atomic E-state index is 10.9. The average Bonchev–Trinajstić information content (AvgIpc) is 2.26. The molecule has 0 heterocycles. The predicted octanol–water partition coefficient (Wildman–Crippen LogP) is 0.878. The van der Waals surface area contributed by atoms with Crippen LogP contribution in [0.1, 0.15) is 12.5 Å². The van der Waals surface area contributed by atoms with Crippen molar-refractivity contribution in [3.8, 4) is 5.75 Å². The lowest BCUT2D eigenvalue weighted by atomic mass is 10.2. The summed E-state index contributed by atoms with van der Waals surface area (Å²) in [7, 11) is 3.41. The fraction of sp³-hybridized carbons (Fsp3) is 0.364. The Morgan fingerprint density at radius 3 is 2.75 bits per heavy atom. The van der Waals surface area contributed by atoms with Gasteiger partial charge in [0, 0.05) is 30.8 Å². The van der Waals surface area contributed by atoms with E-state index in [2.05, 4.69) is 16.2 Å². The third-order valence-electron chi connectivity index (χ3n) is 2.06. The normalized spacial score (nSPS) is 9.94. The minimum absolute atomic E-state index is 0.0943. The molecule has 1 amide bonds. The number of ether oxygens (including phenoxy) is 1. The third-order valence-corrected chi connectivity index (χ3v) is 2.06. The molecule has 16 heavy (non-hydrogen) atoms. The number of anilines is 1. The summed E-state index contributed by atoms with van der Waals surface area (Å²) in [4.78, 5) is 10.9. The Hall–Kier alpha value is -1.59. The van der Waals surface area contributed by atoms with E-state index in [9.17, 15) is 4.79 Å². The number of hydrazine groups is 1.